The molecule has 1 aliphatic heterocycles. The van der Waals surface area contributed by atoms with Crippen LogP contribution < -0.4 is 0 Å². The predicted molar refractivity (Wildman–Crippen MR) is 48.6 cm³/mol. The molecule has 0 aliphatic carbocycles. The van der Waals surface area contributed by atoms with Crippen LogP contribution in [0.3, 0.4) is 0 Å². The molecule has 80 valence electrons. The molecule has 0 aromatic heterocycles. The monoisotopic (exact) mass is 201 g/mol. The minimum absolute atomic E-state index is 0.332. The Bertz CT molecular complexity index is 217. The fourth-order valence-corrected chi connectivity index (χ4v) is 1.58. The molecule has 1 rings (SSSR count). The third-order valence-corrected chi connectivity index (χ3v) is 2.03. The summed E-state index contributed by atoms with van der Waals surface area (Å²) >= 11 is 0. The number of ether oxygens (including phenoxy) is 2. The second kappa shape index (κ2) is 4.41. The molecule has 5 heteroatoms. The van der Waals surface area contributed by atoms with Crippen LogP contribution in [0, 0.1) is 0 Å². The van der Waals surface area contributed by atoms with Crippen LogP contribution in [0.25, 0.3) is 0 Å². The Hall–Kier alpha value is -1.10. The molecule has 0 saturated carbocycles. The number of esters is 2. The van der Waals surface area contributed by atoms with Crippen LogP contribution in [0.1, 0.15) is 13.8 Å². The highest BCUT2D eigenvalue weighted by Crippen LogP contribution is 2.15. The van der Waals surface area contributed by atoms with Crippen molar-refractivity contribution < 1.29 is 19.1 Å². The SMILES string of the molecule is CC(=O)O[C@@H]1CN(C)C[C@H]1OC(C)=O. The molecule has 0 amide bonds. The first-order valence-electron chi connectivity index (χ1n) is 4.52. The zero-order chi connectivity index (χ0) is 10.7. The summed E-state index contributed by atoms with van der Waals surface area (Å²) < 4.78 is 10.1. The summed E-state index contributed by atoms with van der Waals surface area (Å²) in [6.07, 6.45) is -0.664. The van der Waals surface area contributed by atoms with E-state index in [1.807, 2.05) is 11.9 Å². The molecule has 0 radical (unpaired) electrons. The van der Waals surface area contributed by atoms with Gasteiger partial charge in [0, 0.05) is 26.9 Å². The van der Waals surface area contributed by atoms with Gasteiger partial charge in [0.2, 0.25) is 0 Å². The lowest BCUT2D eigenvalue weighted by atomic mass is 10.2. The molecule has 2 atom stereocenters. The maximum absolute atomic E-state index is 10.8. The van der Waals surface area contributed by atoms with E-state index >= 15 is 0 Å². The fourth-order valence-electron chi connectivity index (χ4n) is 1.58. The van der Waals surface area contributed by atoms with E-state index in [1.54, 1.807) is 0 Å². The van der Waals surface area contributed by atoms with Crippen LogP contribution in [0.2, 0.25) is 0 Å². The molecule has 0 aromatic rings. The predicted octanol–water partition coefficient (Wildman–Crippen LogP) is -0.205. The number of hydrogen-bond donors (Lipinski definition) is 0. The zero-order valence-electron chi connectivity index (χ0n) is 8.65. The average Bonchev–Trinajstić information content (AvgIpc) is 2.28. The van der Waals surface area contributed by atoms with E-state index in [-0.39, 0.29) is 24.1 Å². The smallest absolute Gasteiger partial charge is 0.303 e. The Kier molecular flexibility index (Phi) is 3.46. The first kappa shape index (κ1) is 11.0. The summed E-state index contributed by atoms with van der Waals surface area (Å²) in [4.78, 5) is 23.5. The maximum Gasteiger partial charge on any atom is 0.303 e. The lowest BCUT2D eigenvalue weighted by Gasteiger charge is -2.17. The van der Waals surface area contributed by atoms with E-state index in [2.05, 4.69) is 0 Å². The van der Waals surface area contributed by atoms with Crippen molar-refractivity contribution >= 4 is 11.9 Å². The van der Waals surface area contributed by atoms with E-state index in [9.17, 15) is 9.59 Å². The van der Waals surface area contributed by atoms with Crippen molar-refractivity contribution in [3.05, 3.63) is 0 Å². The minimum Gasteiger partial charge on any atom is -0.457 e. The molecular weight excluding hydrogens is 186 g/mol. The summed E-state index contributed by atoms with van der Waals surface area (Å²) in [6.45, 7) is 3.92. The van der Waals surface area contributed by atoms with Crippen molar-refractivity contribution in [2.75, 3.05) is 20.1 Å². The Morgan fingerprint density at radius 3 is 1.71 bits per heavy atom. The van der Waals surface area contributed by atoms with Gasteiger partial charge in [0.15, 0.2) is 12.2 Å². The topological polar surface area (TPSA) is 55.8 Å². The molecule has 0 spiro atoms. The fraction of sp³-hybridized carbons (Fsp3) is 0.778. The van der Waals surface area contributed by atoms with Gasteiger partial charge in [-0.15, -0.1) is 0 Å². The molecule has 0 unspecified atom stereocenters. The third kappa shape index (κ3) is 2.99. The van der Waals surface area contributed by atoms with Gasteiger partial charge in [0.1, 0.15) is 0 Å². The van der Waals surface area contributed by atoms with Gasteiger partial charge < -0.3 is 9.47 Å². The zero-order valence-corrected chi connectivity index (χ0v) is 8.65. The highest BCUT2D eigenvalue weighted by atomic mass is 16.6. The van der Waals surface area contributed by atoms with Gasteiger partial charge in [0.05, 0.1) is 0 Å². The van der Waals surface area contributed by atoms with E-state index in [4.69, 9.17) is 9.47 Å². The molecule has 0 N–H and O–H groups in total. The van der Waals surface area contributed by atoms with E-state index in [0.717, 1.165) is 0 Å². The van der Waals surface area contributed by atoms with Crippen LogP contribution in [0.15, 0.2) is 0 Å². The number of rotatable bonds is 2. The molecular formula is C9H15NO4. The molecule has 5 nitrogen and oxygen atoms in total. The number of likely N-dealkylation sites (N-methyl/N-ethyl adjacent to an activating group) is 1. The second-order valence-corrected chi connectivity index (χ2v) is 3.52. The van der Waals surface area contributed by atoms with Crippen molar-refractivity contribution in [1.29, 1.82) is 0 Å². The number of nitrogens with zero attached hydrogens (tertiary/aromatic N) is 1. The molecule has 14 heavy (non-hydrogen) atoms. The van der Waals surface area contributed by atoms with Gasteiger partial charge in [-0.25, -0.2) is 0 Å². The molecule has 1 saturated heterocycles. The number of carbonyl (C=O) groups is 2. The lowest BCUT2D eigenvalue weighted by molar-refractivity contribution is -0.160. The van der Waals surface area contributed by atoms with Crippen molar-refractivity contribution in [2.24, 2.45) is 0 Å². The third-order valence-electron chi connectivity index (χ3n) is 2.03. The van der Waals surface area contributed by atoms with E-state index in [1.165, 1.54) is 13.8 Å². The summed E-state index contributed by atoms with van der Waals surface area (Å²) in [5.41, 5.74) is 0. The van der Waals surface area contributed by atoms with E-state index in [0.29, 0.717) is 13.1 Å². The Morgan fingerprint density at radius 1 is 1.07 bits per heavy atom. The number of likely N-dealkylation sites (tertiary alicyclic amines) is 1. The molecule has 0 bridgehead atoms. The number of hydrogen-bond acceptors (Lipinski definition) is 5. The van der Waals surface area contributed by atoms with Gasteiger partial charge in [-0.3, -0.25) is 14.5 Å². The molecule has 1 aliphatic rings. The first-order valence-corrected chi connectivity index (χ1v) is 4.52. The molecule has 1 heterocycles. The largest absolute Gasteiger partial charge is 0.457 e. The maximum atomic E-state index is 10.8. The average molecular weight is 201 g/mol. The lowest BCUT2D eigenvalue weighted by Crippen LogP contribution is -2.32. The normalized spacial score (nSPS) is 27.4. The van der Waals surface area contributed by atoms with Crippen LogP contribution in [-0.4, -0.2) is 49.2 Å². The van der Waals surface area contributed by atoms with Crippen LogP contribution in [-0.2, 0) is 19.1 Å². The Balaban J connectivity index is 2.53. The van der Waals surface area contributed by atoms with Crippen LogP contribution >= 0.6 is 0 Å². The van der Waals surface area contributed by atoms with Crippen LogP contribution in [0.4, 0.5) is 0 Å². The Labute approximate surface area is 83.0 Å². The highest BCUT2D eigenvalue weighted by Gasteiger charge is 2.35. The van der Waals surface area contributed by atoms with E-state index < -0.39 is 0 Å². The summed E-state index contributed by atoms with van der Waals surface area (Å²) in [5, 5.41) is 0. The molecule has 1 fully saturated rings. The van der Waals surface area contributed by atoms with Crippen molar-refractivity contribution in [1.82, 2.24) is 4.90 Å². The van der Waals surface area contributed by atoms with Crippen molar-refractivity contribution in [3.8, 4) is 0 Å². The van der Waals surface area contributed by atoms with Gasteiger partial charge in [-0.05, 0) is 7.05 Å². The first-order chi connectivity index (χ1) is 6.49. The van der Waals surface area contributed by atoms with Gasteiger partial charge in [-0.1, -0.05) is 0 Å². The summed E-state index contributed by atoms with van der Waals surface area (Å²) in [6, 6.07) is 0. The van der Waals surface area contributed by atoms with Crippen molar-refractivity contribution in [2.45, 2.75) is 26.1 Å². The molecule has 0 aromatic carbocycles. The highest BCUT2D eigenvalue weighted by molar-refractivity contribution is 5.67. The van der Waals surface area contributed by atoms with Gasteiger partial charge in [-0.2, -0.15) is 0 Å². The summed E-state index contributed by atoms with van der Waals surface area (Å²) in [7, 11) is 1.89. The second-order valence-electron chi connectivity index (χ2n) is 3.52. The number of carbonyl (C=O) groups excluding carboxylic acids is 2. The van der Waals surface area contributed by atoms with Crippen molar-refractivity contribution in [3.63, 3.8) is 0 Å². The Morgan fingerprint density at radius 2 is 1.43 bits per heavy atom. The van der Waals surface area contributed by atoms with Gasteiger partial charge in [0.25, 0.3) is 0 Å². The van der Waals surface area contributed by atoms with Crippen LogP contribution in [0.5, 0.6) is 0 Å². The minimum atomic E-state index is -0.345. The summed E-state index contributed by atoms with van der Waals surface area (Å²) in [5.74, 6) is -0.690. The standard InChI is InChI=1S/C9H15NO4/c1-6(11)13-8-4-10(3)5-9(8)14-7(2)12/h8-9H,4-5H2,1-3H3/t8-,9-/m1/s1. The van der Waals surface area contributed by atoms with Gasteiger partial charge >= 0.3 is 11.9 Å². The quantitative estimate of drug-likeness (QED) is 0.579.